The minimum Gasteiger partial charge on any atom is -0.314 e. The molecule has 106 valence electrons. The van der Waals surface area contributed by atoms with Crippen LogP contribution in [0.15, 0.2) is 35.7 Å². The summed E-state index contributed by atoms with van der Waals surface area (Å²) in [6, 6.07) is 11.6. The molecule has 1 aromatic heterocycles. The van der Waals surface area contributed by atoms with E-state index in [1.807, 2.05) is 11.3 Å². The summed E-state index contributed by atoms with van der Waals surface area (Å²) in [6.45, 7) is 8.89. The van der Waals surface area contributed by atoms with Crippen LogP contribution in [-0.4, -0.2) is 31.1 Å². The number of thiophene rings is 1. The molecule has 1 N–H and O–H groups in total. The standard InChI is InChI=1S/C17H22N2S/c1-13-5-3-6-15(14(13)2)17(16-7-4-12-20-16)19-10-8-18-9-11-19/h3-7,12,17-18H,8-11H2,1-2H3/t17-/m1/s1. The molecule has 2 heterocycles. The summed E-state index contributed by atoms with van der Waals surface area (Å²) in [5.74, 6) is 0. The zero-order valence-electron chi connectivity index (χ0n) is 12.2. The molecule has 1 atom stereocenters. The zero-order valence-corrected chi connectivity index (χ0v) is 13.0. The highest BCUT2D eigenvalue weighted by atomic mass is 32.1. The summed E-state index contributed by atoms with van der Waals surface area (Å²) in [5.41, 5.74) is 4.29. The van der Waals surface area contributed by atoms with Gasteiger partial charge in [-0.2, -0.15) is 0 Å². The van der Waals surface area contributed by atoms with E-state index in [4.69, 9.17) is 0 Å². The van der Waals surface area contributed by atoms with Crippen LogP contribution < -0.4 is 5.32 Å². The van der Waals surface area contributed by atoms with Crippen LogP contribution >= 0.6 is 11.3 Å². The van der Waals surface area contributed by atoms with Crippen molar-refractivity contribution in [2.75, 3.05) is 26.2 Å². The van der Waals surface area contributed by atoms with Gasteiger partial charge in [0.2, 0.25) is 0 Å². The third-order valence-electron chi connectivity index (χ3n) is 4.27. The Morgan fingerprint density at radius 1 is 1.10 bits per heavy atom. The Morgan fingerprint density at radius 2 is 1.90 bits per heavy atom. The zero-order chi connectivity index (χ0) is 13.9. The number of nitrogens with one attached hydrogen (secondary N) is 1. The number of aryl methyl sites for hydroxylation is 1. The number of rotatable bonds is 3. The number of piperazine rings is 1. The van der Waals surface area contributed by atoms with Crippen LogP contribution in [0.5, 0.6) is 0 Å². The van der Waals surface area contributed by atoms with E-state index in [0.29, 0.717) is 6.04 Å². The first-order valence-electron chi connectivity index (χ1n) is 7.31. The lowest BCUT2D eigenvalue weighted by Crippen LogP contribution is -2.45. The molecule has 1 aliphatic rings. The molecule has 2 aromatic rings. The van der Waals surface area contributed by atoms with Gasteiger partial charge in [0.25, 0.3) is 0 Å². The van der Waals surface area contributed by atoms with Gasteiger partial charge in [-0.3, -0.25) is 4.90 Å². The van der Waals surface area contributed by atoms with Crippen LogP contribution in [-0.2, 0) is 0 Å². The van der Waals surface area contributed by atoms with Crippen molar-refractivity contribution in [1.29, 1.82) is 0 Å². The molecule has 0 aliphatic carbocycles. The van der Waals surface area contributed by atoms with E-state index in [-0.39, 0.29) is 0 Å². The fourth-order valence-corrected chi connectivity index (χ4v) is 3.86. The normalized spacial score (nSPS) is 18.1. The van der Waals surface area contributed by atoms with Crippen LogP contribution in [0.25, 0.3) is 0 Å². The van der Waals surface area contributed by atoms with Crippen LogP contribution in [0.3, 0.4) is 0 Å². The quantitative estimate of drug-likeness (QED) is 0.931. The highest BCUT2D eigenvalue weighted by molar-refractivity contribution is 7.10. The lowest BCUT2D eigenvalue weighted by molar-refractivity contribution is 0.200. The predicted octanol–water partition coefficient (Wildman–Crippen LogP) is 3.36. The van der Waals surface area contributed by atoms with Crippen molar-refractivity contribution in [3.63, 3.8) is 0 Å². The maximum Gasteiger partial charge on any atom is 0.0699 e. The smallest absolute Gasteiger partial charge is 0.0699 e. The average molecular weight is 286 g/mol. The maximum atomic E-state index is 3.45. The van der Waals surface area contributed by atoms with Crippen molar-refractivity contribution in [2.24, 2.45) is 0 Å². The van der Waals surface area contributed by atoms with Crippen molar-refractivity contribution < 1.29 is 0 Å². The first-order chi connectivity index (χ1) is 9.77. The average Bonchev–Trinajstić information content (AvgIpc) is 2.99. The summed E-state index contributed by atoms with van der Waals surface area (Å²) in [4.78, 5) is 4.07. The molecule has 3 heteroatoms. The Kier molecular flexibility index (Phi) is 4.20. The van der Waals surface area contributed by atoms with Gasteiger partial charge < -0.3 is 5.32 Å². The summed E-state index contributed by atoms with van der Waals surface area (Å²) in [6.07, 6.45) is 0. The lowest BCUT2D eigenvalue weighted by atomic mass is 9.95. The number of hydrogen-bond acceptors (Lipinski definition) is 3. The van der Waals surface area contributed by atoms with E-state index in [1.54, 1.807) is 0 Å². The van der Waals surface area contributed by atoms with Gasteiger partial charge in [-0.15, -0.1) is 11.3 Å². The minimum absolute atomic E-state index is 0.414. The molecular formula is C17H22N2S. The molecule has 0 unspecified atom stereocenters. The fraction of sp³-hybridized carbons (Fsp3) is 0.412. The van der Waals surface area contributed by atoms with E-state index < -0.39 is 0 Å². The van der Waals surface area contributed by atoms with E-state index in [0.717, 1.165) is 26.2 Å². The number of benzene rings is 1. The molecular weight excluding hydrogens is 264 g/mol. The maximum absolute atomic E-state index is 3.45. The van der Waals surface area contributed by atoms with E-state index in [1.165, 1.54) is 21.6 Å². The second-order valence-electron chi connectivity index (χ2n) is 5.49. The van der Waals surface area contributed by atoms with Gasteiger partial charge in [0.05, 0.1) is 6.04 Å². The molecule has 1 saturated heterocycles. The summed E-state index contributed by atoms with van der Waals surface area (Å²) in [5, 5.41) is 5.64. The number of hydrogen-bond donors (Lipinski definition) is 1. The van der Waals surface area contributed by atoms with Gasteiger partial charge in [-0.1, -0.05) is 24.3 Å². The second-order valence-corrected chi connectivity index (χ2v) is 6.47. The molecule has 0 spiro atoms. The first-order valence-corrected chi connectivity index (χ1v) is 8.19. The molecule has 3 rings (SSSR count). The molecule has 0 bridgehead atoms. The topological polar surface area (TPSA) is 15.3 Å². The summed E-state index contributed by atoms with van der Waals surface area (Å²) < 4.78 is 0. The van der Waals surface area contributed by atoms with Crippen molar-refractivity contribution in [2.45, 2.75) is 19.9 Å². The van der Waals surface area contributed by atoms with Gasteiger partial charge >= 0.3 is 0 Å². The Morgan fingerprint density at radius 3 is 2.60 bits per heavy atom. The molecule has 2 nitrogen and oxygen atoms in total. The van der Waals surface area contributed by atoms with E-state index in [9.17, 15) is 0 Å². The third kappa shape index (κ3) is 2.66. The molecule has 1 fully saturated rings. The molecule has 0 radical (unpaired) electrons. The number of nitrogens with zero attached hydrogens (tertiary/aromatic N) is 1. The van der Waals surface area contributed by atoms with Gasteiger partial charge in [-0.05, 0) is 42.0 Å². The lowest BCUT2D eigenvalue weighted by Gasteiger charge is -2.35. The van der Waals surface area contributed by atoms with Crippen molar-refractivity contribution in [1.82, 2.24) is 10.2 Å². The van der Waals surface area contributed by atoms with Crippen molar-refractivity contribution in [3.8, 4) is 0 Å². The summed E-state index contributed by atoms with van der Waals surface area (Å²) in [7, 11) is 0. The highest BCUT2D eigenvalue weighted by Crippen LogP contribution is 2.34. The van der Waals surface area contributed by atoms with E-state index >= 15 is 0 Å². The molecule has 1 aliphatic heterocycles. The molecule has 0 amide bonds. The monoisotopic (exact) mass is 286 g/mol. The molecule has 0 saturated carbocycles. The Labute approximate surface area is 125 Å². The Hall–Kier alpha value is -1.16. The summed E-state index contributed by atoms with van der Waals surface area (Å²) >= 11 is 1.87. The van der Waals surface area contributed by atoms with Gasteiger partial charge in [0, 0.05) is 31.1 Å². The van der Waals surface area contributed by atoms with Gasteiger partial charge in [0.15, 0.2) is 0 Å². The van der Waals surface area contributed by atoms with Crippen LogP contribution in [0.4, 0.5) is 0 Å². The SMILES string of the molecule is Cc1cccc([C@H](c2cccs2)N2CCNCC2)c1C. The van der Waals surface area contributed by atoms with E-state index in [2.05, 4.69) is 59.8 Å². The predicted molar refractivity (Wildman–Crippen MR) is 86.5 cm³/mol. The second kappa shape index (κ2) is 6.08. The third-order valence-corrected chi connectivity index (χ3v) is 5.20. The minimum atomic E-state index is 0.414. The van der Waals surface area contributed by atoms with Crippen molar-refractivity contribution >= 4 is 11.3 Å². The van der Waals surface area contributed by atoms with Crippen LogP contribution in [0.1, 0.15) is 27.6 Å². The Balaban J connectivity index is 2.03. The van der Waals surface area contributed by atoms with Crippen LogP contribution in [0, 0.1) is 13.8 Å². The Bertz CT molecular complexity index is 556. The fourth-order valence-electron chi connectivity index (χ4n) is 2.99. The largest absolute Gasteiger partial charge is 0.314 e. The first kappa shape index (κ1) is 13.8. The molecule has 1 aromatic carbocycles. The van der Waals surface area contributed by atoms with Gasteiger partial charge in [-0.25, -0.2) is 0 Å². The van der Waals surface area contributed by atoms with Gasteiger partial charge in [0.1, 0.15) is 0 Å². The van der Waals surface area contributed by atoms with Crippen molar-refractivity contribution in [3.05, 3.63) is 57.3 Å². The highest BCUT2D eigenvalue weighted by Gasteiger charge is 2.25. The molecule has 20 heavy (non-hydrogen) atoms. The van der Waals surface area contributed by atoms with Crippen LogP contribution in [0.2, 0.25) is 0 Å².